The summed E-state index contributed by atoms with van der Waals surface area (Å²) in [6.07, 6.45) is 5.28. The molecule has 2 aromatic carbocycles. The Balaban J connectivity index is 1.92. The average molecular weight is 410 g/mol. The van der Waals surface area contributed by atoms with Crippen LogP contribution in [-0.2, 0) is 7.05 Å². The fourth-order valence-electron chi connectivity index (χ4n) is 3.33. The first-order chi connectivity index (χ1) is 13.9. The lowest BCUT2D eigenvalue weighted by atomic mass is 9.97. The molecule has 0 radical (unpaired) electrons. The molecular formula is C22H17ClFN3O2. The maximum absolute atomic E-state index is 14.9. The van der Waals surface area contributed by atoms with Crippen molar-refractivity contribution in [2.75, 3.05) is 0 Å². The van der Waals surface area contributed by atoms with Crippen LogP contribution in [0.1, 0.15) is 16.8 Å². The normalized spacial score (nSPS) is 11.6. The van der Waals surface area contributed by atoms with E-state index in [2.05, 4.69) is 10.1 Å². The number of nitrogens with zero attached hydrogens (tertiary/aromatic N) is 2. The molecule has 0 spiro atoms. The van der Waals surface area contributed by atoms with E-state index >= 15 is 0 Å². The summed E-state index contributed by atoms with van der Waals surface area (Å²) >= 11 is 6.35. The quantitative estimate of drug-likeness (QED) is 0.472. The van der Waals surface area contributed by atoms with E-state index in [1.165, 1.54) is 19.2 Å². The number of aryl methyl sites for hydroxylation is 2. The molecule has 0 aliphatic rings. The van der Waals surface area contributed by atoms with Gasteiger partial charge in [-0.3, -0.25) is 4.79 Å². The second kappa shape index (κ2) is 7.22. The molecule has 5 nitrogen and oxygen atoms in total. The van der Waals surface area contributed by atoms with Crippen LogP contribution in [0.3, 0.4) is 0 Å². The van der Waals surface area contributed by atoms with Crippen molar-refractivity contribution in [3.63, 3.8) is 0 Å². The number of fused-ring (bicyclic) bond motifs is 1. The fraction of sp³-hybridized carbons (Fsp3) is 0.0909. The minimum absolute atomic E-state index is 0.0555. The van der Waals surface area contributed by atoms with Crippen LogP contribution in [0.25, 0.3) is 34.2 Å². The summed E-state index contributed by atoms with van der Waals surface area (Å²) in [5, 5.41) is 15.7. The van der Waals surface area contributed by atoms with Gasteiger partial charge in [0.2, 0.25) is 0 Å². The third kappa shape index (κ3) is 3.32. The van der Waals surface area contributed by atoms with Gasteiger partial charge in [0.05, 0.1) is 5.56 Å². The zero-order chi connectivity index (χ0) is 20.7. The molecule has 0 fully saturated rings. The lowest BCUT2D eigenvalue weighted by Crippen LogP contribution is -2.23. The van der Waals surface area contributed by atoms with E-state index in [9.17, 15) is 14.3 Å². The Bertz CT molecular complexity index is 1340. The van der Waals surface area contributed by atoms with Gasteiger partial charge in [0.15, 0.2) is 5.75 Å². The smallest absolute Gasteiger partial charge is 0.278 e. The van der Waals surface area contributed by atoms with Gasteiger partial charge in [-0.1, -0.05) is 29.8 Å². The molecule has 4 aromatic rings. The molecule has 0 aliphatic carbocycles. The van der Waals surface area contributed by atoms with E-state index < -0.39 is 11.4 Å². The van der Waals surface area contributed by atoms with Gasteiger partial charge in [0.25, 0.3) is 5.56 Å². The first kappa shape index (κ1) is 19.0. The predicted molar refractivity (Wildman–Crippen MR) is 114 cm³/mol. The van der Waals surface area contributed by atoms with Crippen molar-refractivity contribution in [2.45, 2.75) is 6.92 Å². The molecule has 2 aromatic heterocycles. The molecule has 4 rings (SSSR count). The summed E-state index contributed by atoms with van der Waals surface area (Å²) in [4.78, 5) is 15.8. The van der Waals surface area contributed by atoms with E-state index in [-0.39, 0.29) is 27.6 Å². The van der Waals surface area contributed by atoms with Crippen LogP contribution in [0.15, 0.2) is 47.4 Å². The Labute approximate surface area is 170 Å². The summed E-state index contributed by atoms with van der Waals surface area (Å²) in [5.41, 5.74) is 1.57. The molecular weight excluding hydrogens is 393 g/mol. The largest absolute Gasteiger partial charge is 0.505 e. The third-order valence-corrected chi connectivity index (χ3v) is 5.13. The van der Waals surface area contributed by atoms with Gasteiger partial charge in [0, 0.05) is 34.9 Å². The Morgan fingerprint density at radius 1 is 1.17 bits per heavy atom. The Morgan fingerprint density at radius 2 is 1.97 bits per heavy atom. The molecule has 29 heavy (non-hydrogen) atoms. The van der Waals surface area contributed by atoms with Crippen molar-refractivity contribution >= 4 is 34.7 Å². The van der Waals surface area contributed by atoms with Crippen LogP contribution in [-0.4, -0.2) is 19.9 Å². The van der Waals surface area contributed by atoms with Crippen LogP contribution in [0.4, 0.5) is 4.39 Å². The molecule has 0 bridgehead atoms. The number of hydrogen-bond acceptors (Lipinski definition) is 3. The van der Waals surface area contributed by atoms with Crippen LogP contribution in [0, 0.1) is 12.7 Å². The molecule has 146 valence electrons. The number of rotatable bonds is 3. The summed E-state index contributed by atoms with van der Waals surface area (Å²) in [7, 11) is 1.45. The Hall–Kier alpha value is -3.38. The van der Waals surface area contributed by atoms with Gasteiger partial charge in [-0.15, -0.1) is 0 Å². The Morgan fingerprint density at radius 3 is 2.76 bits per heavy atom. The SMILES string of the molecule is Cc1nn(C)c(=O)c(-c2c(F)ccc(Cl)c2/C=C/c2ccc3[nH]ccc3c2)c1O. The number of aromatic nitrogens is 3. The minimum atomic E-state index is -0.659. The zero-order valence-corrected chi connectivity index (χ0v) is 16.5. The number of aromatic amines is 1. The highest BCUT2D eigenvalue weighted by Crippen LogP contribution is 2.36. The summed E-state index contributed by atoms with van der Waals surface area (Å²) in [6.45, 7) is 1.54. The van der Waals surface area contributed by atoms with Crippen LogP contribution < -0.4 is 5.56 Å². The van der Waals surface area contributed by atoms with Gasteiger partial charge >= 0.3 is 0 Å². The highest BCUT2D eigenvalue weighted by molar-refractivity contribution is 6.32. The van der Waals surface area contributed by atoms with E-state index in [0.717, 1.165) is 21.1 Å². The van der Waals surface area contributed by atoms with Gasteiger partial charge in [-0.05, 0) is 48.2 Å². The van der Waals surface area contributed by atoms with E-state index in [0.29, 0.717) is 5.56 Å². The van der Waals surface area contributed by atoms with Crippen molar-refractivity contribution in [3.8, 4) is 16.9 Å². The number of H-pyrrole nitrogens is 1. The zero-order valence-electron chi connectivity index (χ0n) is 15.7. The molecule has 0 amide bonds. The molecule has 7 heteroatoms. The molecule has 0 unspecified atom stereocenters. The van der Waals surface area contributed by atoms with Crippen molar-refractivity contribution < 1.29 is 9.50 Å². The molecule has 2 N–H and O–H groups in total. The van der Waals surface area contributed by atoms with Crippen LogP contribution in [0.5, 0.6) is 5.75 Å². The monoisotopic (exact) mass is 409 g/mol. The van der Waals surface area contributed by atoms with Crippen LogP contribution in [0.2, 0.25) is 5.02 Å². The van der Waals surface area contributed by atoms with Gasteiger partial charge < -0.3 is 10.1 Å². The average Bonchev–Trinajstić information content (AvgIpc) is 3.16. The van der Waals surface area contributed by atoms with Crippen molar-refractivity contribution in [1.82, 2.24) is 14.8 Å². The third-order valence-electron chi connectivity index (χ3n) is 4.80. The van der Waals surface area contributed by atoms with Gasteiger partial charge in [-0.2, -0.15) is 5.10 Å². The second-order valence-electron chi connectivity index (χ2n) is 6.71. The first-order valence-corrected chi connectivity index (χ1v) is 9.25. The number of nitrogens with one attached hydrogen (secondary N) is 1. The maximum atomic E-state index is 14.9. The number of halogens is 2. The molecule has 2 heterocycles. The standard InChI is InChI=1S/C22H17ClFN3O2/c1-12-21(28)20(22(29)27(2)26-12)19-15(16(23)6-7-17(19)24)5-3-13-4-8-18-14(11-13)9-10-25-18/h3-11,25,28H,1-2H3/b5-3+. The highest BCUT2D eigenvalue weighted by Gasteiger charge is 2.22. The van der Waals surface area contributed by atoms with Crippen molar-refractivity contribution in [3.05, 3.63) is 80.6 Å². The van der Waals surface area contributed by atoms with Gasteiger partial charge in [0.1, 0.15) is 11.5 Å². The van der Waals surface area contributed by atoms with Crippen molar-refractivity contribution in [1.29, 1.82) is 0 Å². The fourth-order valence-corrected chi connectivity index (χ4v) is 3.55. The van der Waals surface area contributed by atoms with E-state index in [1.54, 1.807) is 19.1 Å². The maximum Gasteiger partial charge on any atom is 0.278 e. The summed E-state index contributed by atoms with van der Waals surface area (Å²) in [6, 6.07) is 10.4. The Kier molecular flexibility index (Phi) is 4.72. The topological polar surface area (TPSA) is 70.9 Å². The lowest BCUT2D eigenvalue weighted by Gasteiger charge is -2.13. The van der Waals surface area contributed by atoms with Crippen LogP contribution >= 0.6 is 11.6 Å². The van der Waals surface area contributed by atoms with E-state index in [1.807, 2.05) is 30.5 Å². The number of benzene rings is 2. The summed E-state index contributed by atoms with van der Waals surface area (Å²) in [5.74, 6) is -1.02. The molecule has 0 aliphatic heterocycles. The summed E-state index contributed by atoms with van der Waals surface area (Å²) < 4.78 is 15.9. The first-order valence-electron chi connectivity index (χ1n) is 8.87. The molecule has 0 atom stereocenters. The second-order valence-corrected chi connectivity index (χ2v) is 7.12. The molecule has 0 saturated carbocycles. The highest BCUT2D eigenvalue weighted by atomic mass is 35.5. The number of hydrogen-bond donors (Lipinski definition) is 2. The van der Waals surface area contributed by atoms with E-state index in [4.69, 9.17) is 11.6 Å². The predicted octanol–water partition coefficient (Wildman–Crippen LogP) is 4.91. The van der Waals surface area contributed by atoms with Crippen molar-refractivity contribution in [2.24, 2.45) is 7.05 Å². The van der Waals surface area contributed by atoms with Gasteiger partial charge in [-0.25, -0.2) is 9.07 Å². The molecule has 0 saturated heterocycles. The number of aromatic hydroxyl groups is 1. The lowest BCUT2D eigenvalue weighted by molar-refractivity contribution is 0.460. The minimum Gasteiger partial charge on any atom is -0.505 e.